The van der Waals surface area contributed by atoms with Gasteiger partial charge >= 0.3 is 5.91 Å². The number of carbonyl (C=O) groups is 2. The highest BCUT2D eigenvalue weighted by atomic mass is 79.9. The molecule has 1 amide bonds. The number of rotatable bonds is 7. The van der Waals surface area contributed by atoms with Gasteiger partial charge in [-0.2, -0.15) is 0 Å². The Balaban J connectivity index is 1.65. The highest BCUT2D eigenvalue weighted by molar-refractivity contribution is 9.10. The molecule has 0 radical (unpaired) electrons. The molecule has 4 aromatic rings. The van der Waals surface area contributed by atoms with Gasteiger partial charge in [0.15, 0.2) is 5.13 Å². The highest BCUT2D eigenvalue weighted by Crippen LogP contribution is 2.45. The second-order valence-electron chi connectivity index (χ2n) is 8.56. The second kappa shape index (κ2) is 10.7. The number of unbranched alkanes of at least 4 members (excludes halogenated alkanes) is 1. The Labute approximate surface area is 231 Å². The van der Waals surface area contributed by atoms with Crippen LogP contribution in [0.15, 0.2) is 76.8 Å². The molecule has 1 unspecified atom stereocenters. The smallest absolute Gasteiger partial charge is 0.301 e. The van der Waals surface area contributed by atoms with Crippen molar-refractivity contribution < 1.29 is 19.4 Å². The van der Waals surface area contributed by atoms with E-state index >= 15 is 0 Å². The van der Waals surface area contributed by atoms with Crippen LogP contribution in [0.2, 0.25) is 5.02 Å². The quantitative estimate of drug-likeness (QED) is 0.103. The number of amides is 1. The third kappa shape index (κ3) is 5.01. The van der Waals surface area contributed by atoms with Crippen molar-refractivity contribution in [3.63, 3.8) is 0 Å². The maximum atomic E-state index is 13.4. The number of ketones is 1. The lowest BCUT2D eigenvalue weighted by atomic mass is 9.95. The summed E-state index contributed by atoms with van der Waals surface area (Å²) in [7, 11) is 0. The van der Waals surface area contributed by atoms with E-state index in [0.29, 0.717) is 39.2 Å². The van der Waals surface area contributed by atoms with Gasteiger partial charge in [-0.15, -0.1) is 0 Å². The Morgan fingerprint density at radius 1 is 1.14 bits per heavy atom. The average molecular weight is 598 g/mol. The van der Waals surface area contributed by atoms with E-state index in [2.05, 4.69) is 27.8 Å². The first-order valence-corrected chi connectivity index (χ1v) is 13.7. The number of hydrogen-bond donors (Lipinski definition) is 1. The van der Waals surface area contributed by atoms with Crippen LogP contribution in [-0.2, 0) is 9.59 Å². The Kier molecular flexibility index (Phi) is 7.33. The van der Waals surface area contributed by atoms with E-state index in [9.17, 15) is 14.7 Å². The van der Waals surface area contributed by atoms with E-state index in [1.807, 2.05) is 24.3 Å². The summed E-state index contributed by atoms with van der Waals surface area (Å²) in [6.45, 7) is 2.62. The molecule has 0 bridgehead atoms. The van der Waals surface area contributed by atoms with Crippen LogP contribution in [0.3, 0.4) is 0 Å². The summed E-state index contributed by atoms with van der Waals surface area (Å²) >= 11 is 10.9. The van der Waals surface area contributed by atoms with Gasteiger partial charge in [-0.05, 0) is 54.4 Å². The minimum absolute atomic E-state index is 0.00824. The fourth-order valence-electron chi connectivity index (χ4n) is 4.23. The van der Waals surface area contributed by atoms with Crippen molar-refractivity contribution in [3.05, 3.63) is 92.9 Å². The molecule has 1 aromatic heterocycles. The maximum absolute atomic E-state index is 13.4. The maximum Gasteiger partial charge on any atom is 0.301 e. The SMILES string of the molecule is CCCCOc1cccc(C(O)=C2C(=O)C(=O)N(c3nc4ccc(Cl)cc4s3)C2c2cccc(Br)c2)c1. The highest BCUT2D eigenvalue weighted by Gasteiger charge is 2.48. The van der Waals surface area contributed by atoms with Crippen LogP contribution in [0.1, 0.15) is 36.9 Å². The zero-order valence-electron chi connectivity index (χ0n) is 19.8. The third-order valence-electron chi connectivity index (χ3n) is 6.03. The van der Waals surface area contributed by atoms with Gasteiger partial charge in [0.05, 0.1) is 28.4 Å². The van der Waals surface area contributed by atoms with Crippen LogP contribution >= 0.6 is 38.9 Å². The van der Waals surface area contributed by atoms with E-state index in [4.69, 9.17) is 16.3 Å². The van der Waals surface area contributed by atoms with Crippen LogP contribution in [0.5, 0.6) is 5.75 Å². The molecule has 5 rings (SSSR count). The summed E-state index contributed by atoms with van der Waals surface area (Å²) in [6.07, 6.45) is 1.89. The van der Waals surface area contributed by atoms with Crippen molar-refractivity contribution >= 4 is 71.7 Å². The van der Waals surface area contributed by atoms with E-state index in [-0.39, 0.29) is 11.3 Å². The van der Waals surface area contributed by atoms with Crippen LogP contribution in [-0.4, -0.2) is 28.4 Å². The molecule has 6 nitrogen and oxygen atoms in total. The molecule has 0 spiro atoms. The molecule has 2 heterocycles. The fraction of sp³-hybridized carbons (Fsp3) is 0.179. The van der Waals surface area contributed by atoms with Gasteiger partial charge in [0.1, 0.15) is 11.5 Å². The minimum atomic E-state index is -0.877. The Morgan fingerprint density at radius 3 is 2.73 bits per heavy atom. The molecule has 0 saturated carbocycles. The number of aromatic nitrogens is 1. The number of fused-ring (bicyclic) bond motifs is 1. The van der Waals surface area contributed by atoms with Crippen LogP contribution < -0.4 is 9.64 Å². The molecular formula is C28H22BrClN2O4S. The lowest BCUT2D eigenvalue weighted by molar-refractivity contribution is -0.132. The first-order chi connectivity index (χ1) is 17.9. The molecule has 1 aliphatic heterocycles. The summed E-state index contributed by atoms with van der Waals surface area (Å²) in [5.41, 5.74) is 1.70. The number of hydrogen-bond acceptors (Lipinski definition) is 6. The molecule has 1 atom stereocenters. The number of Topliss-reactive ketones (excluding diaryl/α,β-unsaturated/α-hetero) is 1. The van der Waals surface area contributed by atoms with E-state index in [0.717, 1.165) is 22.0 Å². The van der Waals surface area contributed by atoms with E-state index < -0.39 is 17.7 Å². The van der Waals surface area contributed by atoms with Crippen molar-refractivity contribution in [1.29, 1.82) is 0 Å². The first kappa shape index (κ1) is 25.4. The predicted molar refractivity (Wildman–Crippen MR) is 150 cm³/mol. The van der Waals surface area contributed by atoms with Gasteiger partial charge in [0.2, 0.25) is 0 Å². The molecule has 0 aliphatic carbocycles. The van der Waals surface area contributed by atoms with Gasteiger partial charge in [-0.25, -0.2) is 4.98 Å². The summed E-state index contributed by atoms with van der Waals surface area (Å²) in [6, 6.07) is 18.6. The molecule has 9 heteroatoms. The van der Waals surface area contributed by atoms with Crippen molar-refractivity contribution in [1.82, 2.24) is 4.98 Å². The first-order valence-electron chi connectivity index (χ1n) is 11.7. The van der Waals surface area contributed by atoms with Crippen LogP contribution in [0.25, 0.3) is 16.0 Å². The van der Waals surface area contributed by atoms with E-state index in [1.165, 1.54) is 16.2 Å². The van der Waals surface area contributed by atoms with Crippen molar-refractivity contribution in [3.8, 4) is 5.75 Å². The summed E-state index contributed by atoms with van der Waals surface area (Å²) < 4.78 is 7.35. The molecule has 1 fully saturated rings. The van der Waals surface area contributed by atoms with Crippen molar-refractivity contribution in [2.24, 2.45) is 0 Å². The summed E-state index contributed by atoms with van der Waals surface area (Å²) in [5, 5.41) is 12.3. The lowest BCUT2D eigenvalue weighted by Gasteiger charge is -2.23. The summed E-state index contributed by atoms with van der Waals surface area (Å²) in [4.78, 5) is 32.9. The normalized spacial score (nSPS) is 17.1. The Hall–Kier alpha value is -3.20. The predicted octanol–water partition coefficient (Wildman–Crippen LogP) is 7.52. The average Bonchev–Trinajstić information content (AvgIpc) is 3.41. The summed E-state index contributed by atoms with van der Waals surface area (Å²) in [5.74, 6) is -1.23. The van der Waals surface area contributed by atoms with Gasteiger partial charge < -0.3 is 9.84 Å². The topological polar surface area (TPSA) is 79.7 Å². The van der Waals surface area contributed by atoms with Crippen molar-refractivity contribution in [2.75, 3.05) is 11.5 Å². The Bertz CT molecular complexity index is 1550. The van der Waals surface area contributed by atoms with E-state index in [1.54, 1.807) is 42.5 Å². The molecule has 188 valence electrons. The van der Waals surface area contributed by atoms with Gasteiger partial charge in [-0.1, -0.05) is 76.5 Å². The van der Waals surface area contributed by atoms with Crippen LogP contribution in [0, 0.1) is 0 Å². The lowest BCUT2D eigenvalue weighted by Crippen LogP contribution is -2.29. The number of nitrogens with zero attached hydrogens (tertiary/aromatic N) is 2. The molecule has 1 N–H and O–H groups in total. The zero-order valence-corrected chi connectivity index (χ0v) is 22.9. The number of benzene rings is 3. The van der Waals surface area contributed by atoms with Gasteiger partial charge in [0, 0.05) is 15.1 Å². The number of aliphatic hydroxyl groups excluding tert-OH is 1. The second-order valence-corrected chi connectivity index (χ2v) is 10.9. The molecule has 1 aliphatic rings. The zero-order chi connectivity index (χ0) is 26.1. The molecule has 1 saturated heterocycles. The largest absolute Gasteiger partial charge is 0.507 e. The molecule has 3 aromatic carbocycles. The third-order valence-corrected chi connectivity index (χ3v) is 7.77. The van der Waals surface area contributed by atoms with Gasteiger partial charge in [-0.3, -0.25) is 14.5 Å². The van der Waals surface area contributed by atoms with Crippen LogP contribution in [0.4, 0.5) is 5.13 Å². The number of ether oxygens (including phenoxy) is 1. The monoisotopic (exact) mass is 596 g/mol. The minimum Gasteiger partial charge on any atom is -0.507 e. The number of aliphatic hydroxyl groups is 1. The Morgan fingerprint density at radius 2 is 1.95 bits per heavy atom. The van der Waals surface area contributed by atoms with Gasteiger partial charge in [0.25, 0.3) is 5.78 Å². The standard InChI is InChI=1S/C28H22BrClN2O4S/c1-2-3-12-36-20-9-5-7-17(14-20)25(33)23-24(16-6-4-8-18(29)13-16)32(27(35)26(23)34)28-31-21-11-10-19(30)15-22(21)37-28/h4-11,13-15,24,33H,2-3,12H2,1H3. The number of anilines is 1. The van der Waals surface area contributed by atoms with Crippen molar-refractivity contribution in [2.45, 2.75) is 25.8 Å². The number of carbonyl (C=O) groups excluding carboxylic acids is 2. The number of thiazole rings is 1. The fourth-order valence-corrected chi connectivity index (χ4v) is 5.92. The number of halogens is 2. The molecule has 37 heavy (non-hydrogen) atoms. The molecular weight excluding hydrogens is 576 g/mol.